The van der Waals surface area contributed by atoms with Crippen LogP contribution in [0.4, 0.5) is 13.2 Å². The van der Waals surface area contributed by atoms with E-state index in [1.165, 1.54) is 0 Å². The Hall–Kier alpha value is -1.25. The van der Waals surface area contributed by atoms with Crippen molar-refractivity contribution in [1.82, 2.24) is 0 Å². The van der Waals surface area contributed by atoms with Crippen LogP contribution in [0, 0.1) is 0 Å². The van der Waals surface area contributed by atoms with E-state index in [0.717, 1.165) is 25.7 Å². The largest absolute Gasteiger partial charge is 0.416 e. The molecule has 0 saturated carbocycles. The van der Waals surface area contributed by atoms with Crippen molar-refractivity contribution in [2.24, 2.45) is 0 Å². The van der Waals surface area contributed by atoms with E-state index in [9.17, 15) is 13.2 Å². The average Bonchev–Trinajstić information content (AvgIpc) is 2.41. The highest BCUT2D eigenvalue weighted by atomic mass is 19.4. The Morgan fingerprint density at radius 1 is 0.900 bits per heavy atom. The molecule has 3 heteroatoms. The molecule has 0 saturated heterocycles. The number of hydrogen-bond donors (Lipinski definition) is 0. The standard InChI is InChI=1S/C17H23F3/c1-3-5-10-14(11-6-4-2)16(17(18,19)20)15-12-8-7-9-13-15/h7-9,12-13H,3-6,10-11H2,1-2H3. The smallest absolute Gasteiger partial charge is 0.166 e. The molecule has 1 aromatic carbocycles. The second-order valence-corrected chi connectivity index (χ2v) is 5.05. The predicted molar refractivity (Wildman–Crippen MR) is 78.5 cm³/mol. The SMILES string of the molecule is CCCCC(CCCC)=C(c1ccccc1)C(F)(F)F. The minimum absolute atomic E-state index is 0.294. The van der Waals surface area contributed by atoms with Crippen molar-refractivity contribution in [3.63, 3.8) is 0 Å². The Bertz CT molecular complexity index is 406. The maximum atomic E-state index is 13.5. The minimum atomic E-state index is -4.28. The molecule has 0 aliphatic rings. The van der Waals surface area contributed by atoms with Gasteiger partial charge in [-0.1, -0.05) is 62.6 Å². The average molecular weight is 284 g/mol. The van der Waals surface area contributed by atoms with Gasteiger partial charge in [-0.2, -0.15) is 13.2 Å². The summed E-state index contributed by atoms with van der Waals surface area (Å²) >= 11 is 0. The highest BCUT2D eigenvalue weighted by Gasteiger charge is 2.36. The molecule has 0 atom stereocenters. The molecule has 0 unspecified atom stereocenters. The van der Waals surface area contributed by atoms with Crippen LogP contribution in [0.25, 0.3) is 5.57 Å². The molecule has 0 radical (unpaired) electrons. The third kappa shape index (κ3) is 5.03. The van der Waals surface area contributed by atoms with E-state index in [1.54, 1.807) is 30.3 Å². The monoisotopic (exact) mass is 284 g/mol. The van der Waals surface area contributed by atoms with Crippen molar-refractivity contribution < 1.29 is 13.2 Å². The molecule has 112 valence electrons. The van der Waals surface area contributed by atoms with Crippen LogP contribution in [0.2, 0.25) is 0 Å². The fraction of sp³-hybridized carbons (Fsp3) is 0.529. The van der Waals surface area contributed by atoms with Gasteiger partial charge < -0.3 is 0 Å². The van der Waals surface area contributed by atoms with Gasteiger partial charge in [-0.05, 0) is 31.2 Å². The van der Waals surface area contributed by atoms with Crippen molar-refractivity contribution >= 4 is 5.57 Å². The fourth-order valence-corrected chi connectivity index (χ4v) is 2.33. The zero-order chi connectivity index (χ0) is 15.0. The van der Waals surface area contributed by atoms with E-state index in [0.29, 0.717) is 24.0 Å². The molecule has 0 nitrogen and oxygen atoms in total. The molecule has 0 N–H and O–H groups in total. The summed E-state index contributed by atoms with van der Waals surface area (Å²) in [5.41, 5.74) is 0.439. The van der Waals surface area contributed by atoms with Crippen LogP contribution in [0.1, 0.15) is 57.9 Å². The summed E-state index contributed by atoms with van der Waals surface area (Å²) in [6.45, 7) is 4.01. The first-order chi connectivity index (χ1) is 9.50. The number of unbranched alkanes of at least 4 members (excludes halogenated alkanes) is 2. The van der Waals surface area contributed by atoms with Crippen LogP contribution in [-0.4, -0.2) is 6.18 Å². The maximum Gasteiger partial charge on any atom is 0.416 e. The lowest BCUT2D eigenvalue weighted by Crippen LogP contribution is -2.14. The topological polar surface area (TPSA) is 0 Å². The Morgan fingerprint density at radius 2 is 1.40 bits per heavy atom. The third-order valence-corrected chi connectivity index (χ3v) is 3.36. The summed E-state index contributed by atoms with van der Waals surface area (Å²) in [5.74, 6) is 0. The summed E-state index contributed by atoms with van der Waals surface area (Å²) in [5, 5.41) is 0. The summed E-state index contributed by atoms with van der Waals surface area (Å²) < 4.78 is 40.4. The van der Waals surface area contributed by atoms with Gasteiger partial charge in [0.25, 0.3) is 0 Å². The van der Waals surface area contributed by atoms with Gasteiger partial charge in [0.05, 0.1) is 5.57 Å². The zero-order valence-corrected chi connectivity index (χ0v) is 12.3. The van der Waals surface area contributed by atoms with Gasteiger partial charge in [-0.15, -0.1) is 0 Å². The van der Waals surface area contributed by atoms with Gasteiger partial charge >= 0.3 is 6.18 Å². The predicted octanol–water partition coefficient (Wildman–Crippen LogP) is 6.38. The summed E-state index contributed by atoms with van der Waals surface area (Å²) in [4.78, 5) is 0. The van der Waals surface area contributed by atoms with Gasteiger partial charge in [-0.3, -0.25) is 0 Å². The number of alkyl halides is 3. The molecule has 0 aromatic heterocycles. The van der Waals surface area contributed by atoms with E-state index in [2.05, 4.69) is 0 Å². The van der Waals surface area contributed by atoms with Gasteiger partial charge in [0.2, 0.25) is 0 Å². The molecule has 0 amide bonds. The number of hydrogen-bond acceptors (Lipinski definition) is 0. The van der Waals surface area contributed by atoms with Crippen molar-refractivity contribution in [2.45, 2.75) is 58.5 Å². The summed E-state index contributed by atoms with van der Waals surface area (Å²) in [6.07, 6.45) is 0.251. The van der Waals surface area contributed by atoms with Gasteiger partial charge in [0, 0.05) is 0 Å². The van der Waals surface area contributed by atoms with Crippen molar-refractivity contribution in [3.8, 4) is 0 Å². The molecule has 0 spiro atoms. The highest BCUT2D eigenvalue weighted by Crippen LogP contribution is 2.39. The molecular weight excluding hydrogens is 261 g/mol. The Kier molecular flexibility index (Phi) is 6.83. The lowest BCUT2D eigenvalue weighted by Gasteiger charge is -2.18. The van der Waals surface area contributed by atoms with Crippen molar-refractivity contribution in [3.05, 3.63) is 41.5 Å². The molecular formula is C17H23F3. The van der Waals surface area contributed by atoms with Gasteiger partial charge in [-0.25, -0.2) is 0 Å². The Balaban J connectivity index is 3.23. The molecule has 0 aliphatic carbocycles. The molecule has 1 rings (SSSR count). The van der Waals surface area contributed by atoms with Crippen molar-refractivity contribution in [1.29, 1.82) is 0 Å². The van der Waals surface area contributed by atoms with Crippen LogP contribution in [0.5, 0.6) is 0 Å². The van der Waals surface area contributed by atoms with E-state index < -0.39 is 11.7 Å². The summed E-state index contributed by atoms with van der Waals surface area (Å²) in [6, 6.07) is 8.19. The van der Waals surface area contributed by atoms with Crippen molar-refractivity contribution in [2.75, 3.05) is 0 Å². The minimum Gasteiger partial charge on any atom is -0.166 e. The van der Waals surface area contributed by atoms with Crippen LogP contribution in [0.15, 0.2) is 35.9 Å². The normalized spacial score (nSPS) is 11.4. The molecule has 1 aromatic rings. The summed E-state index contributed by atoms with van der Waals surface area (Å²) in [7, 11) is 0. The van der Waals surface area contributed by atoms with E-state index in [1.807, 2.05) is 13.8 Å². The number of benzene rings is 1. The van der Waals surface area contributed by atoms with E-state index in [-0.39, 0.29) is 0 Å². The molecule has 0 bridgehead atoms. The van der Waals surface area contributed by atoms with Crippen LogP contribution < -0.4 is 0 Å². The molecule has 20 heavy (non-hydrogen) atoms. The maximum absolute atomic E-state index is 13.5. The second-order valence-electron chi connectivity index (χ2n) is 5.05. The van der Waals surface area contributed by atoms with Crippen LogP contribution in [-0.2, 0) is 0 Å². The van der Waals surface area contributed by atoms with Gasteiger partial charge in [0.1, 0.15) is 0 Å². The van der Waals surface area contributed by atoms with Gasteiger partial charge in [0.15, 0.2) is 0 Å². The van der Waals surface area contributed by atoms with Crippen LogP contribution >= 0.6 is 0 Å². The van der Waals surface area contributed by atoms with E-state index >= 15 is 0 Å². The molecule has 0 fully saturated rings. The lowest BCUT2D eigenvalue weighted by atomic mass is 9.92. The number of allylic oxidation sites excluding steroid dienone is 2. The second kappa shape index (κ2) is 8.13. The number of rotatable bonds is 7. The highest BCUT2D eigenvalue weighted by molar-refractivity contribution is 5.72. The number of halogens is 3. The quantitative estimate of drug-likeness (QED) is 0.544. The fourth-order valence-electron chi connectivity index (χ4n) is 2.33. The third-order valence-electron chi connectivity index (χ3n) is 3.36. The zero-order valence-electron chi connectivity index (χ0n) is 12.3. The first-order valence-corrected chi connectivity index (χ1v) is 7.35. The Labute approximate surface area is 119 Å². The Morgan fingerprint density at radius 3 is 1.80 bits per heavy atom. The first-order valence-electron chi connectivity index (χ1n) is 7.35. The first kappa shape index (κ1) is 16.8. The van der Waals surface area contributed by atoms with Crippen LogP contribution in [0.3, 0.4) is 0 Å². The molecule has 0 aliphatic heterocycles. The molecule has 0 heterocycles. The lowest BCUT2D eigenvalue weighted by molar-refractivity contribution is -0.0696. The van der Waals surface area contributed by atoms with E-state index in [4.69, 9.17) is 0 Å².